The fourth-order valence-corrected chi connectivity index (χ4v) is 0.667. The van der Waals surface area contributed by atoms with Gasteiger partial charge >= 0.3 is 0 Å². The van der Waals surface area contributed by atoms with E-state index in [0.29, 0.717) is 12.1 Å². The molecular weight excluding hydrogens is 138 g/mol. The Morgan fingerprint density at radius 1 is 1.56 bits per heavy atom. The lowest BCUT2D eigenvalue weighted by molar-refractivity contribution is 0.246. The molecule has 2 nitrogen and oxygen atoms in total. The highest BCUT2D eigenvalue weighted by Crippen LogP contribution is 2.16. The zero-order chi connectivity index (χ0) is 6.15. The lowest BCUT2D eigenvalue weighted by Crippen LogP contribution is -2.29. The van der Waals surface area contributed by atoms with Crippen LogP contribution in [0.5, 0.6) is 0 Å². The van der Waals surface area contributed by atoms with Crippen molar-refractivity contribution >= 4 is 12.4 Å². The Balaban J connectivity index is 0.000000640. The van der Waals surface area contributed by atoms with Crippen LogP contribution in [0.25, 0.3) is 0 Å². The number of halogens is 1. The van der Waals surface area contributed by atoms with E-state index in [4.69, 9.17) is 4.74 Å². The predicted octanol–water partition coefficient (Wildman–Crippen LogP) is 0.757. The maximum absolute atomic E-state index is 5.09. The van der Waals surface area contributed by atoms with E-state index < -0.39 is 0 Å². The van der Waals surface area contributed by atoms with Gasteiger partial charge in [-0.3, -0.25) is 0 Å². The number of epoxide rings is 1. The van der Waals surface area contributed by atoms with E-state index in [0.717, 1.165) is 6.61 Å². The first-order chi connectivity index (χ1) is 3.72. The molecule has 1 saturated heterocycles. The van der Waals surface area contributed by atoms with Gasteiger partial charge in [0.2, 0.25) is 0 Å². The molecule has 2 unspecified atom stereocenters. The molecular formula is C6H14ClNO. The van der Waals surface area contributed by atoms with Gasteiger partial charge in [-0.25, -0.2) is 0 Å². The molecule has 0 N–H and O–H groups in total. The van der Waals surface area contributed by atoms with Gasteiger partial charge in [0, 0.05) is 6.04 Å². The maximum Gasteiger partial charge on any atom is 0.0961 e. The minimum absolute atomic E-state index is 0. The molecule has 3 heteroatoms. The van der Waals surface area contributed by atoms with Gasteiger partial charge in [-0.05, 0) is 21.0 Å². The van der Waals surface area contributed by atoms with Crippen LogP contribution in [-0.2, 0) is 4.74 Å². The zero-order valence-corrected chi connectivity index (χ0v) is 6.94. The van der Waals surface area contributed by atoms with Crippen LogP contribution in [0.4, 0.5) is 0 Å². The summed E-state index contributed by atoms with van der Waals surface area (Å²) in [5.41, 5.74) is 0. The number of hydrogen-bond donors (Lipinski definition) is 0. The van der Waals surface area contributed by atoms with Crippen molar-refractivity contribution < 1.29 is 4.74 Å². The third-order valence-corrected chi connectivity index (χ3v) is 1.71. The fraction of sp³-hybridized carbons (Fsp3) is 1.00. The molecule has 0 radical (unpaired) electrons. The van der Waals surface area contributed by atoms with Crippen molar-refractivity contribution in [3.8, 4) is 0 Å². The Bertz CT molecular complexity index is 81.1. The minimum atomic E-state index is 0. The third kappa shape index (κ3) is 2.52. The monoisotopic (exact) mass is 151 g/mol. The second kappa shape index (κ2) is 3.40. The van der Waals surface area contributed by atoms with E-state index in [1.807, 2.05) is 0 Å². The number of ether oxygens (including phenoxy) is 1. The van der Waals surface area contributed by atoms with Crippen molar-refractivity contribution in [2.45, 2.75) is 19.1 Å². The van der Waals surface area contributed by atoms with Crippen LogP contribution in [0.2, 0.25) is 0 Å². The number of likely N-dealkylation sites (N-methyl/N-ethyl adjacent to an activating group) is 1. The molecule has 1 aliphatic rings. The Morgan fingerprint density at radius 2 is 2.00 bits per heavy atom. The van der Waals surface area contributed by atoms with E-state index in [1.54, 1.807) is 0 Å². The van der Waals surface area contributed by atoms with Crippen molar-refractivity contribution in [1.82, 2.24) is 4.90 Å². The smallest absolute Gasteiger partial charge is 0.0961 e. The largest absolute Gasteiger partial charge is 0.371 e. The van der Waals surface area contributed by atoms with Crippen LogP contribution in [0, 0.1) is 0 Å². The van der Waals surface area contributed by atoms with Crippen LogP contribution in [0.3, 0.4) is 0 Å². The Morgan fingerprint density at radius 3 is 2.11 bits per heavy atom. The van der Waals surface area contributed by atoms with Crippen LogP contribution >= 0.6 is 12.4 Å². The lowest BCUT2D eigenvalue weighted by atomic mass is 10.2. The van der Waals surface area contributed by atoms with Crippen LogP contribution in [-0.4, -0.2) is 37.7 Å². The third-order valence-electron chi connectivity index (χ3n) is 1.71. The summed E-state index contributed by atoms with van der Waals surface area (Å²) in [6.07, 6.45) is 0.519. The molecule has 1 rings (SSSR count). The molecule has 0 aliphatic carbocycles. The van der Waals surface area contributed by atoms with Gasteiger partial charge in [0.15, 0.2) is 0 Å². The Hall–Kier alpha value is 0.210. The normalized spacial score (nSPS) is 27.3. The standard InChI is InChI=1S/C6H13NO.ClH/c1-5(7(2)3)6-4-8-6;/h5-6H,4H2,1-3H3;1H. The molecule has 1 aliphatic heterocycles. The summed E-state index contributed by atoms with van der Waals surface area (Å²) >= 11 is 0. The van der Waals surface area contributed by atoms with Crippen molar-refractivity contribution in [3.63, 3.8) is 0 Å². The van der Waals surface area contributed by atoms with Crippen molar-refractivity contribution in [2.75, 3.05) is 20.7 Å². The van der Waals surface area contributed by atoms with Gasteiger partial charge in [0.1, 0.15) is 0 Å². The summed E-state index contributed by atoms with van der Waals surface area (Å²) in [5.74, 6) is 0. The van der Waals surface area contributed by atoms with E-state index in [1.165, 1.54) is 0 Å². The van der Waals surface area contributed by atoms with Gasteiger partial charge in [-0.1, -0.05) is 0 Å². The zero-order valence-electron chi connectivity index (χ0n) is 6.13. The molecule has 9 heavy (non-hydrogen) atoms. The first-order valence-corrected chi connectivity index (χ1v) is 3.00. The highest BCUT2D eigenvalue weighted by Gasteiger charge is 2.30. The van der Waals surface area contributed by atoms with Gasteiger partial charge in [0.25, 0.3) is 0 Å². The molecule has 1 heterocycles. The number of nitrogens with zero attached hydrogens (tertiary/aromatic N) is 1. The van der Waals surface area contributed by atoms with Gasteiger partial charge in [-0.2, -0.15) is 0 Å². The molecule has 0 spiro atoms. The molecule has 0 aromatic carbocycles. The molecule has 0 saturated carbocycles. The molecule has 0 bridgehead atoms. The summed E-state index contributed by atoms with van der Waals surface area (Å²) in [7, 11) is 4.15. The van der Waals surface area contributed by atoms with Crippen molar-refractivity contribution in [2.24, 2.45) is 0 Å². The molecule has 0 aromatic heterocycles. The van der Waals surface area contributed by atoms with Crippen molar-refractivity contribution in [3.05, 3.63) is 0 Å². The highest BCUT2D eigenvalue weighted by atomic mass is 35.5. The van der Waals surface area contributed by atoms with Gasteiger partial charge in [0.05, 0.1) is 12.7 Å². The average Bonchev–Trinajstić information content (AvgIpc) is 2.43. The van der Waals surface area contributed by atoms with E-state index in [9.17, 15) is 0 Å². The summed E-state index contributed by atoms with van der Waals surface area (Å²) < 4.78 is 5.09. The van der Waals surface area contributed by atoms with E-state index in [-0.39, 0.29) is 12.4 Å². The summed E-state index contributed by atoms with van der Waals surface area (Å²) in [6.45, 7) is 3.14. The fourth-order valence-electron chi connectivity index (χ4n) is 0.667. The molecule has 0 amide bonds. The van der Waals surface area contributed by atoms with Gasteiger partial charge < -0.3 is 9.64 Å². The highest BCUT2D eigenvalue weighted by molar-refractivity contribution is 5.85. The predicted molar refractivity (Wildman–Crippen MR) is 40.1 cm³/mol. The topological polar surface area (TPSA) is 15.8 Å². The Labute approximate surface area is 62.6 Å². The van der Waals surface area contributed by atoms with Crippen LogP contribution in [0.15, 0.2) is 0 Å². The van der Waals surface area contributed by atoms with Crippen LogP contribution in [0.1, 0.15) is 6.92 Å². The number of rotatable bonds is 2. The first kappa shape index (κ1) is 9.21. The second-order valence-electron chi connectivity index (χ2n) is 2.58. The van der Waals surface area contributed by atoms with E-state index in [2.05, 4.69) is 25.9 Å². The maximum atomic E-state index is 5.09. The molecule has 1 fully saturated rings. The minimum Gasteiger partial charge on any atom is -0.371 e. The summed E-state index contributed by atoms with van der Waals surface area (Å²) in [4.78, 5) is 2.18. The first-order valence-electron chi connectivity index (χ1n) is 3.00. The average molecular weight is 152 g/mol. The van der Waals surface area contributed by atoms with E-state index >= 15 is 0 Å². The molecule has 56 valence electrons. The summed E-state index contributed by atoms with van der Waals surface area (Å²) in [6, 6.07) is 0.593. The van der Waals surface area contributed by atoms with Gasteiger partial charge in [-0.15, -0.1) is 12.4 Å². The Kier molecular flexibility index (Phi) is 3.48. The lowest BCUT2D eigenvalue weighted by Gasteiger charge is -2.16. The number of hydrogen-bond acceptors (Lipinski definition) is 2. The SMILES string of the molecule is CC(C1CO1)N(C)C.Cl. The second-order valence-corrected chi connectivity index (χ2v) is 2.58. The van der Waals surface area contributed by atoms with Crippen LogP contribution < -0.4 is 0 Å². The summed E-state index contributed by atoms with van der Waals surface area (Å²) in [5, 5.41) is 0. The van der Waals surface area contributed by atoms with Crippen molar-refractivity contribution in [1.29, 1.82) is 0 Å². The molecule has 2 atom stereocenters. The quantitative estimate of drug-likeness (QED) is 0.542. The molecule has 0 aromatic rings.